The van der Waals surface area contributed by atoms with Crippen molar-refractivity contribution in [3.63, 3.8) is 0 Å². The molecule has 0 aliphatic carbocycles. The van der Waals surface area contributed by atoms with Crippen LogP contribution in [0.25, 0.3) is 0 Å². The number of carbonyl (C=O) groups is 1. The summed E-state index contributed by atoms with van der Waals surface area (Å²) in [6, 6.07) is 0. The molecule has 0 rings (SSSR count). The van der Waals surface area contributed by atoms with E-state index in [4.69, 9.17) is 5.11 Å². The average Bonchev–Trinajstić information content (AvgIpc) is 1.69. The SMILES string of the molecule is C=CC(=O)O.[CH2-]CC.[K+]. The Kier molecular flexibility index (Phi) is 29.1. The molecule has 0 saturated heterocycles. The molecule has 9 heavy (non-hydrogen) atoms. The van der Waals surface area contributed by atoms with Crippen molar-refractivity contribution < 1.29 is 61.3 Å². The van der Waals surface area contributed by atoms with E-state index in [-0.39, 0.29) is 51.4 Å². The number of carboxylic acid groups (broad SMARTS) is 1. The largest absolute Gasteiger partial charge is 1.00 e. The van der Waals surface area contributed by atoms with Crippen molar-refractivity contribution in [1.82, 2.24) is 0 Å². The van der Waals surface area contributed by atoms with E-state index >= 15 is 0 Å². The van der Waals surface area contributed by atoms with Crippen LogP contribution in [-0.4, -0.2) is 11.1 Å². The first-order chi connectivity index (χ1) is 3.68. The monoisotopic (exact) mass is 154 g/mol. The van der Waals surface area contributed by atoms with Crippen molar-refractivity contribution >= 4 is 5.97 Å². The fraction of sp³-hybridized carbons (Fsp3) is 0.333. The van der Waals surface area contributed by atoms with Crippen LogP contribution in [0.5, 0.6) is 0 Å². The van der Waals surface area contributed by atoms with Crippen LogP contribution in [-0.2, 0) is 4.79 Å². The maximum Gasteiger partial charge on any atom is 1.00 e. The van der Waals surface area contributed by atoms with E-state index in [0.717, 1.165) is 12.5 Å². The Bertz CT molecular complexity index is 71.5. The number of rotatable bonds is 1. The summed E-state index contributed by atoms with van der Waals surface area (Å²) in [6.07, 6.45) is 1.83. The Labute approximate surface area is 98.8 Å². The van der Waals surface area contributed by atoms with Gasteiger partial charge in [0.15, 0.2) is 0 Å². The maximum absolute atomic E-state index is 9.25. The molecule has 0 heterocycles. The first kappa shape index (κ1) is 16.4. The van der Waals surface area contributed by atoms with Gasteiger partial charge >= 0.3 is 57.4 Å². The zero-order chi connectivity index (χ0) is 6.99. The Morgan fingerprint density at radius 1 is 1.89 bits per heavy atom. The Morgan fingerprint density at radius 2 is 2.00 bits per heavy atom. The van der Waals surface area contributed by atoms with Gasteiger partial charge in [-0.05, 0) is 0 Å². The minimum absolute atomic E-state index is 0. The third kappa shape index (κ3) is 51.2. The Balaban J connectivity index is -0.0000000800. The van der Waals surface area contributed by atoms with Gasteiger partial charge in [-0.2, -0.15) is 6.42 Å². The summed E-state index contributed by atoms with van der Waals surface area (Å²) in [5.74, 6) is -0.981. The van der Waals surface area contributed by atoms with Crippen LogP contribution >= 0.6 is 0 Å². The van der Waals surface area contributed by atoms with Gasteiger partial charge in [-0.25, -0.2) is 4.79 Å². The van der Waals surface area contributed by atoms with Crippen molar-refractivity contribution in [3.8, 4) is 0 Å². The van der Waals surface area contributed by atoms with E-state index in [1.165, 1.54) is 0 Å². The van der Waals surface area contributed by atoms with Gasteiger partial charge in [0.1, 0.15) is 0 Å². The standard InChI is InChI=1S/C3H4O2.C3H7.K/c1-2-3(4)5;1-3-2;/h2H,1H2,(H,4,5);1,3H2,2H3;/q;-1;+1. The molecule has 3 heteroatoms. The van der Waals surface area contributed by atoms with Crippen LogP contribution in [0.1, 0.15) is 13.3 Å². The van der Waals surface area contributed by atoms with Crippen LogP contribution in [0.3, 0.4) is 0 Å². The molecule has 0 aromatic heterocycles. The number of aliphatic carboxylic acids is 1. The topological polar surface area (TPSA) is 37.3 Å². The minimum atomic E-state index is -0.981. The predicted octanol–water partition coefficient (Wildman–Crippen LogP) is -1.51. The zero-order valence-electron chi connectivity index (χ0n) is 6.05. The fourth-order valence-electron chi connectivity index (χ4n) is 0. The minimum Gasteiger partial charge on any atom is -0.478 e. The van der Waals surface area contributed by atoms with E-state index in [1.54, 1.807) is 0 Å². The third-order valence-electron chi connectivity index (χ3n) is 0.175. The number of hydrogen-bond acceptors (Lipinski definition) is 1. The molecule has 0 radical (unpaired) electrons. The van der Waals surface area contributed by atoms with Gasteiger partial charge in [0.05, 0.1) is 0 Å². The molecule has 0 aliphatic rings. The van der Waals surface area contributed by atoms with Crippen LogP contribution in [0.15, 0.2) is 12.7 Å². The third-order valence-corrected chi connectivity index (χ3v) is 0.175. The maximum atomic E-state index is 9.25. The molecule has 0 amide bonds. The summed E-state index contributed by atoms with van der Waals surface area (Å²) in [6.45, 7) is 8.46. The van der Waals surface area contributed by atoms with Crippen molar-refractivity contribution in [2.24, 2.45) is 0 Å². The van der Waals surface area contributed by atoms with Crippen LogP contribution in [0.4, 0.5) is 0 Å². The molecule has 0 saturated carbocycles. The zero-order valence-corrected chi connectivity index (χ0v) is 9.18. The van der Waals surface area contributed by atoms with Crippen molar-refractivity contribution in [2.45, 2.75) is 13.3 Å². The van der Waals surface area contributed by atoms with E-state index < -0.39 is 5.97 Å². The predicted molar refractivity (Wildman–Crippen MR) is 33.5 cm³/mol. The van der Waals surface area contributed by atoms with Crippen molar-refractivity contribution in [1.29, 1.82) is 0 Å². The molecule has 0 aromatic rings. The Hall–Kier alpha value is 0.846. The summed E-state index contributed by atoms with van der Waals surface area (Å²) in [5, 5.41) is 7.60. The van der Waals surface area contributed by atoms with Crippen molar-refractivity contribution in [3.05, 3.63) is 19.6 Å². The molecular formula is C6H11KO2. The van der Waals surface area contributed by atoms with Gasteiger partial charge in [-0.1, -0.05) is 13.5 Å². The second kappa shape index (κ2) is 15.9. The first-order valence-electron chi connectivity index (χ1n) is 2.33. The molecule has 0 aliphatic heterocycles. The number of carboxylic acids is 1. The molecule has 2 nitrogen and oxygen atoms in total. The molecule has 0 aromatic carbocycles. The van der Waals surface area contributed by atoms with Gasteiger partial charge in [-0.15, -0.1) is 0 Å². The van der Waals surface area contributed by atoms with Gasteiger partial charge in [-0.3, -0.25) is 0 Å². The van der Waals surface area contributed by atoms with Gasteiger partial charge in [0.25, 0.3) is 0 Å². The molecule has 1 N–H and O–H groups in total. The molecule has 0 bridgehead atoms. The molecule has 0 atom stereocenters. The van der Waals surface area contributed by atoms with E-state index in [2.05, 4.69) is 13.5 Å². The first-order valence-corrected chi connectivity index (χ1v) is 2.33. The van der Waals surface area contributed by atoms with Crippen LogP contribution in [0.2, 0.25) is 0 Å². The number of hydrogen-bond donors (Lipinski definition) is 1. The second-order valence-electron chi connectivity index (χ2n) is 1.04. The van der Waals surface area contributed by atoms with Crippen LogP contribution < -0.4 is 51.4 Å². The summed E-state index contributed by atoms with van der Waals surface area (Å²) in [7, 11) is 0. The van der Waals surface area contributed by atoms with Gasteiger partial charge in [0.2, 0.25) is 0 Å². The van der Waals surface area contributed by atoms with E-state index in [0.29, 0.717) is 0 Å². The molecule has 0 unspecified atom stereocenters. The normalized spacial score (nSPS) is 5.56. The summed E-state index contributed by atoms with van der Waals surface area (Å²) in [5.41, 5.74) is 0. The van der Waals surface area contributed by atoms with Crippen molar-refractivity contribution in [2.75, 3.05) is 0 Å². The molecular weight excluding hydrogens is 143 g/mol. The second-order valence-corrected chi connectivity index (χ2v) is 1.04. The quantitative estimate of drug-likeness (QED) is 0.283. The van der Waals surface area contributed by atoms with Crippen LogP contribution in [0, 0.1) is 6.92 Å². The molecule has 0 spiro atoms. The van der Waals surface area contributed by atoms with Gasteiger partial charge < -0.3 is 12.0 Å². The summed E-state index contributed by atoms with van der Waals surface area (Å²) in [4.78, 5) is 9.25. The summed E-state index contributed by atoms with van der Waals surface area (Å²) < 4.78 is 0. The smallest absolute Gasteiger partial charge is 0.478 e. The average molecular weight is 154 g/mol. The molecule has 0 fully saturated rings. The van der Waals surface area contributed by atoms with E-state index in [1.807, 2.05) is 6.92 Å². The Morgan fingerprint density at radius 3 is 2.00 bits per heavy atom. The van der Waals surface area contributed by atoms with Gasteiger partial charge in [0, 0.05) is 6.08 Å². The fourth-order valence-corrected chi connectivity index (χ4v) is 0. The summed E-state index contributed by atoms with van der Waals surface area (Å²) >= 11 is 0. The molecule has 48 valence electrons. The van der Waals surface area contributed by atoms with E-state index in [9.17, 15) is 4.79 Å².